The number of esters is 2. The topological polar surface area (TPSA) is 112 Å². The van der Waals surface area contributed by atoms with Crippen molar-refractivity contribution in [3.05, 3.63) is 36.6 Å². The zero-order chi connectivity index (χ0) is 50.9. The molecule has 0 aromatic carbocycles. The molecule has 0 unspecified atom stereocenters. The van der Waals surface area contributed by atoms with Gasteiger partial charge in [-0.1, -0.05) is 166 Å². The molecule has 0 saturated carbocycles. The summed E-state index contributed by atoms with van der Waals surface area (Å²) >= 11 is 0. The average molecular weight is 1230 g/mol. The fourth-order valence-electron chi connectivity index (χ4n) is 7.10. The van der Waals surface area contributed by atoms with Crippen molar-refractivity contribution in [2.24, 2.45) is 0 Å². The zero-order valence-corrected chi connectivity index (χ0v) is 51.7. The molecule has 0 aliphatic carbocycles. The van der Waals surface area contributed by atoms with E-state index in [4.69, 9.17) is 19.3 Å². The molecule has 0 spiro atoms. The van der Waals surface area contributed by atoms with Crippen LogP contribution in [0.1, 0.15) is 188 Å². The van der Waals surface area contributed by atoms with Gasteiger partial charge in [0, 0.05) is 76.7 Å². The van der Waals surface area contributed by atoms with Crippen molar-refractivity contribution in [1.29, 1.82) is 0 Å². The third kappa shape index (κ3) is 60.4. The zero-order valence-electron chi connectivity index (χ0n) is 45.5. The van der Waals surface area contributed by atoms with Crippen molar-refractivity contribution in [1.82, 2.24) is 14.7 Å². The number of unbranched alkanes of at least 4 members (excludes halogenated alkanes) is 14. The summed E-state index contributed by atoms with van der Waals surface area (Å²) in [5, 5.41) is 18.2. The van der Waals surface area contributed by atoms with Crippen LogP contribution in [0.15, 0.2) is 36.6 Å². The maximum Gasteiger partial charge on any atom is 0.307 e. The Hall–Kier alpha value is -0.152. The molecule has 0 fully saturated rings. The summed E-state index contributed by atoms with van der Waals surface area (Å²) in [6.07, 6.45) is 36.3. The van der Waals surface area contributed by atoms with E-state index < -0.39 is 0 Å². The quantitative estimate of drug-likeness (QED) is 0.0198. The molecule has 0 amide bonds. The van der Waals surface area contributed by atoms with Crippen molar-refractivity contribution in [2.75, 3.05) is 115 Å². The minimum Gasteiger partial charge on any atom is -0.498 e. The number of aliphatic hydroxyl groups excluding tert-OH is 2. The van der Waals surface area contributed by atoms with Crippen LogP contribution in [0, 0.1) is 0 Å². The summed E-state index contributed by atoms with van der Waals surface area (Å²) in [6.45, 7) is 21.2. The van der Waals surface area contributed by atoms with Crippen LogP contribution in [0.2, 0.25) is 0 Å². The van der Waals surface area contributed by atoms with E-state index in [0.717, 1.165) is 121 Å². The van der Waals surface area contributed by atoms with Gasteiger partial charge in [-0.25, -0.2) is 0 Å². The number of hydrogen-bond donors (Lipinski definition) is 2. The van der Waals surface area contributed by atoms with Gasteiger partial charge in [0.05, 0.1) is 51.6 Å². The molecule has 70 heavy (non-hydrogen) atoms. The number of carbonyl (C=O) groups excluding carboxylic acids is 2. The molecule has 0 rings (SSSR count). The molecule has 0 radical (unpaired) electrons. The Morgan fingerprint density at radius 1 is 0.457 bits per heavy atom. The van der Waals surface area contributed by atoms with Crippen molar-refractivity contribution < 1.29 is 55.1 Å². The fraction of sp³-hybridized carbons (Fsp3) is 0.855. The van der Waals surface area contributed by atoms with Gasteiger partial charge in [-0.05, 0) is 110 Å². The van der Waals surface area contributed by atoms with Gasteiger partial charge >= 0.3 is 11.9 Å². The first-order valence-electron chi connectivity index (χ1n) is 27.5. The van der Waals surface area contributed by atoms with E-state index in [1.165, 1.54) is 88.6 Å². The number of rotatable bonds is 53. The first kappa shape index (κ1) is 74.1. The fourth-order valence-corrected chi connectivity index (χ4v) is 11.0. The SMILES string of the molecule is C=C(CCN(CCO)CCCN(C)CCCN(CCC(=O)OCCCC/C=C\CC)CCC(=O)OCCCC/C=C\CC)OCCSSCCCCCCCC.CCCCCCCCSSCCO.[W]. The summed E-state index contributed by atoms with van der Waals surface area (Å²) in [6, 6.07) is 0. The van der Waals surface area contributed by atoms with Crippen molar-refractivity contribution in [3.63, 3.8) is 0 Å². The number of aliphatic hydroxyl groups is 2. The van der Waals surface area contributed by atoms with E-state index in [1.54, 1.807) is 10.8 Å². The maximum absolute atomic E-state index is 12.5. The molecule has 0 saturated heterocycles. The predicted octanol–water partition coefficient (Wildman–Crippen LogP) is 13.8. The van der Waals surface area contributed by atoms with Crippen LogP contribution in [0.4, 0.5) is 0 Å². The molecule has 0 aliphatic rings. The molecule has 2 N–H and O–H groups in total. The molecule has 0 atom stereocenters. The average Bonchev–Trinajstić information content (AvgIpc) is 3.34. The number of nitrogens with zero attached hydrogens (tertiary/aromatic N) is 3. The minimum atomic E-state index is -0.175. The Labute approximate surface area is 462 Å². The van der Waals surface area contributed by atoms with E-state index in [0.29, 0.717) is 58.9 Å². The van der Waals surface area contributed by atoms with Crippen molar-refractivity contribution in [2.45, 2.75) is 188 Å². The van der Waals surface area contributed by atoms with Crippen molar-refractivity contribution in [3.8, 4) is 0 Å². The van der Waals surface area contributed by atoms with Gasteiger partial charge in [-0.3, -0.25) is 9.59 Å². The Morgan fingerprint density at radius 3 is 1.37 bits per heavy atom. The molecule has 0 bridgehead atoms. The van der Waals surface area contributed by atoms with Crippen molar-refractivity contribution >= 4 is 55.1 Å². The van der Waals surface area contributed by atoms with Crippen LogP contribution < -0.4 is 0 Å². The summed E-state index contributed by atoms with van der Waals surface area (Å²) in [7, 11) is 9.68. The van der Waals surface area contributed by atoms with E-state index in [-0.39, 0.29) is 39.6 Å². The second-order valence-electron chi connectivity index (χ2n) is 17.8. The number of carbonyl (C=O) groups is 2. The van der Waals surface area contributed by atoms with E-state index >= 15 is 0 Å². The van der Waals surface area contributed by atoms with E-state index in [2.05, 4.69) is 80.3 Å². The molecule has 15 heteroatoms. The smallest absolute Gasteiger partial charge is 0.307 e. The third-order valence-electron chi connectivity index (χ3n) is 11.3. The van der Waals surface area contributed by atoms with Gasteiger partial charge in [-0.2, -0.15) is 0 Å². The van der Waals surface area contributed by atoms with Gasteiger partial charge in [-0.15, -0.1) is 0 Å². The largest absolute Gasteiger partial charge is 0.498 e. The van der Waals surface area contributed by atoms with Crippen LogP contribution in [0.3, 0.4) is 0 Å². The summed E-state index contributed by atoms with van der Waals surface area (Å²) in [4.78, 5) is 31.8. The van der Waals surface area contributed by atoms with Gasteiger partial charge in [0.1, 0.15) is 0 Å². The molecule has 0 aromatic heterocycles. The Balaban J connectivity index is -0.00000277. The van der Waals surface area contributed by atoms with Gasteiger partial charge < -0.3 is 39.1 Å². The predicted molar refractivity (Wildman–Crippen MR) is 308 cm³/mol. The van der Waals surface area contributed by atoms with Gasteiger partial charge in [0.15, 0.2) is 0 Å². The van der Waals surface area contributed by atoms with Crippen LogP contribution in [0.25, 0.3) is 0 Å². The number of allylic oxidation sites excluding steroid dienone is 4. The van der Waals surface area contributed by atoms with Gasteiger partial charge in [0.2, 0.25) is 0 Å². The molecule has 414 valence electrons. The first-order valence-corrected chi connectivity index (χ1v) is 32.5. The number of hydrogen-bond acceptors (Lipinski definition) is 14. The second-order valence-corrected chi connectivity index (χ2v) is 23.2. The van der Waals surface area contributed by atoms with Crippen LogP contribution in [-0.2, 0) is 44.9 Å². The summed E-state index contributed by atoms with van der Waals surface area (Å²) < 4.78 is 16.9. The molecule has 0 aromatic rings. The molecular weight excluding hydrogens is 1130 g/mol. The normalized spacial score (nSPS) is 11.5. The third-order valence-corrected chi connectivity index (χ3v) is 16.2. The van der Waals surface area contributed by atoms with Crippen LogP contribution in [0.5, 0.6) is 0 Å². The summed E-state index contributed by atoms with van der Waals surface area (Å²) in [5.41, 5.74) is 0. The Morgan fingerprint density at radius 2 is 0.900 bits per heavy atom. The Kier molecular flexibility index (Phi) is 66.8. The second kappa shape index (κ2) is 63.1. The maximum atomic E-state index is 12.5. The van der Waals surface area contributed by atoms with E-state index in [1.807, 2.05) is 32.4 Å². The summed E-state index contributed by atoms with van der Waals surface area (Å²) in [5.74, 6) is 4.78. The standard InChI is InChI=1S/C45H85N3O6S2.C10H22OS2.W/c1-6-9-12-15-18-21-38-53-44(50)27-34-47(35-28-45(51)54-39-22-19-16-13-10-7-2)31-24-29-46(5)30-25-32-48(36-37-49)33-26-43(4)52-40-42-56-55-41-23-20-17-14-11-8-3;1-2-3-4-5-6-7-9-12-13-10-8-11;/h9-10,12-13,49H,4,6-8,11,14-42H2,1-3,5H3;11H,2-10H2,1H3;/b12-9-,13-10-;;. The minimum absolute atomic E-state index is 0. The first-order chi connectivity index (χ1) is 33.8. The molecule has 0 heterocycles. The molecule has 10 nitrogen and oxygen atoms in total. The van der Waals surface area contributed by atoms with Gasteiger partial charge in [0.25, 0.3) is 0 Å². The molecule has 0 aliphatic heterocycles. The van der Waals surface area contributed by atoms with Crippen LogP contribution >= 0.6 is 43.2 Å². The molecular formula is C55H107N3O7S4W. The van der Waals surface area contributed by atoms with Crippen LogP contribution in [-0.4, -0.2) is 152 Å². The Bertz CT molecular complexity index is 1110. The number of ether oxygens (including phenoxy) is 3. The monoisotopic (exact) mass is 1230 g/mol. The van der Waals surface area contributed by atoms with E-state index in [9.17, 15) is 14.7 Å².